The molecule has 2 unspecified atom stereocenters. The zero-order valence-electron chi connectivity index (χ0n) is 19.0. The van der Waals surface area contributed by atoms with Crippen LogP contribution < -0.4 is 0 Å². The molecule has 1 saturated carbocycles. The molecule has 2 aromatic rings. The Morgan fingerprint density at radius 1 is 1.03 bits per heavy atom. The van der Waals surface area contributed by atoms with E-state index in [4.69, 9.17) is 23.2 Å². The van der Waals surface area contributed by atoms with Gasteiger partial charge in [0.15, 0.2) is 0 Å². The molecule has 0 bridgehead atoms. The first-order valence-electron chi connectivity index (χ1n) is 11.5. The van der Waals surface area contributed by atoms with E-state index in [9.17, 15) is 5.26 Å². The van der Waals surface area contributed by atoms with E-state index in [1.165, 1.54) is 12.0 Å². The summed E-state index contributed by atoms with van der Waals surface area (Å²) in [5, 5.41) is 11.7. The summed E-state index contributed by atoms with van der Waals surface area (Å²) in [6.07, 6.45) is 6.09. The van der Waals surface area contributed by atoms with Gasteiger partial charge in [-0.25, -0.2) is 0 Å². The molecular formula is C27H34Cl2N2. The maximum Gasteiger partial charge on any atom is 0.0879 e. The van der Waals surface area contributed by atoms with Crippen LogP contribution >= 0.6 is 23.2 Å². The van der Waals surface area contributed by atoms with E-state index < -0.39 is 5.41 Å². The third-order valence-electron chi connectivity index (χ3n) is 7.10. The van der Waals surface area contributed by atoms with Crippen molar-refractivity contribution in [3.63, 3.8) is 0 Å². The first-order chi connectivity index (χ1) is 14.9. The summed E-state index contributed by atoms with van der Waals surface area (Å²) in [6.45, 7) is 7.83. The van der Waals surface area contributed by atoms with Gasteiger partial charge in [0.25, 0.3) is 0 Å². The van der Waals surface area contributed by atoms with Crippen LogP contribution in [0.25, 0.3) is 0 Å². The molecule has 0 radical (unpaired) electrons. The van der Waals surface area contributed by atoms with Gasteiger partial charge in [-0.05, 0) is 76.5 Å². The first-order valence-corrected chi connectivity index (χ1v) is 12.3. The second-order valence-corrected chi connectivity index (χ2v) is 10.1. The predicted octanol–water partition coefficient (Wildman–Crippen LogP) is 7.68. The number of benzene rings is 2. The van der Waals surface area contributed by atoms with Crippen molar-refractivity contribution in [2.45, 2.75) is 76.8 Å². The van der Waals surface area contributed by atoms with Gasteiger partial charge in [-0.2, -0.15) is 5.26 Å². The van der Waals surface area contributed by atoms with Gasteiger partial charge in [0, 0.05) is 34.2 Å². The van der Waals surface area contributed by atoms with E-state index in [-0.39, 0.29) is 0 Å². The molecule has 0 saturated heterocycles. The highest BCUT2D eigenvalue weighted by molar-refractivity contribution is 6.36. The van der Waals surface area contributed by atoms with Crippen molar-refractivity contribution in [3.8, 4) is 6.07 Å². The number of nitrogens with zero attached hydrogens (tertiary/aromatic N) is 2. The Bertz CT molecular complexity index is 866. The van der Waals surface area contributed by atoms with Gasteiger partial charge in [0.2, 0.25) is 0 Å². The first kappa shape index (κ1) is 24.1. The van der Waals surface area contributed by atoms with E-state index in [0.29, 0.717) is 28.0 Å². The fourth-order valence-electron chi connectivity index (χ4n) is 5.05. The van der Waals surface area contributed by atoms with Gasteiger partial charge >= 0.3 is 0 Å². The summed E-state index contributed by atoms with van der Waals surface area (Å²) < 4.78 is 0. The molecule has 1 aliphatic carbocycles. The van der Waals surface area contributed by atoms with Gasteiger partial charge in [0.05, 0.1) is 11.5 Å². The lowest BCUT2D eigenvalue weighted by atomic mass is 9.60. The van der Waals surface area contributed by atoms with Crippen molar-refractivity contribution in [3.05, 3.63) is 69.7 Å². The Labute approximate surface area is 198 Å². The van der Waals surface area contributed by atoms with Crippen LogP contribution in [0.4, 0.5) is 0 Å². The topological polar surface area (TPSA) is 27.0 Å². The Balaban J connectivity index is 1.77. The molecule has 0 heterocycles. The molecule has 0 spiro atoms. The van der Waals surface area contributed by atoms with Crippen LogP contribution in [-0.4, -0.2) is 23.5 Å². The number of rotatable bonds is 10. The summed E-state index contributed by atoms with van der Waals surface area (Å²) >= 11 is 13.2. The van der Waals surface area contributed by atoms with E-state index in [1.807, 2.05) is 18.2 Å². The summed E-state index contributed by atoms with van der Waals surface area (Å²) in [5.41, 5.74) is 1.60. The van der Waals surface area contributed by atoms with Crippen molar-refractivity contribution in [2.75, 3.05) is 6.54 Å². The van der Waals surface area contributed by atoms with Gasteiger partial charge in [-0.15, -0.1) is 0 Å². The summed E-state index contributed by atoms with van der Waals surface area (Å²) in [6, 6.07) is 19.8. The second kappa shape index (κ2) is 10.9. The van der Waals surface area contributed by atoms with E-state index in [0.717, 1.165) is 44.2 Å². The highest BCUT2D eigenvalue weighted by Gasteiger charge is 2.46. The molecule has 0 N–H and O–H groups in total. The third kappa shape index (κ3) is 5.46. The molecule has 2 aromatic carbocycles. The van der Waals surface area contributed by atoms with E-state index >= 15 is 0 Å². The minimum atomic E-state index is -0.607. The molecular weight excluding hydrogens is 423 g/mol. The Hall–Kier alpha value is -1.53. The van der Waals surface area contributed by atoms with Gasteiger partial charge in [-0.1, -0.05) is 66.0 Å². The molecule has 31 heavy (non-hydrogen) atoms. The third-order valence-corrected chi connectivity index (χ3v) is 7.73. The molecule has 2 nitrogen and oxygen atoms in total. The molecule has 0 aromatic heterocycles. The van der Waals surface area contributed by atoms with Crippen LogP contribution in [0.5, 0.6) is 0 Å². The van der Waals surface area contributed by atoms with E-state index in [1.54, 1.807) is 0 Å². The molecule has 3 rings (SSSR count). The van der Waals surface area contributed by atoms with Crippen LogP contribution in [0, 0.1) is 17.2 Å². The molecule has 1 aliphatic rings. The number of hydrogen-bond acceptors (Lipinski definition) is 2. The Morgan fingerprint density at radius 2 is 1.68 bits per heavy atom. The van der Waals surface area contributed by atoms with E-state index in [2.05, 4.69) is 62.1 Å². The summed E-state index contributed by atoms with van der Waals surface area (Å²) in [5.74, 6) is 0.332. The second-order valence-electron chi connectivity index (χ2n) is 9.26. The quantitative estimate of drug-likeness (QED) is 0.366. The normalized spacial score (nSPS) is 17.2. The smallest absolute Gasteiger partial charge is 0.0879 e. The van der Waals surface area contributed by atoms with Crippen molar-refractivity contribution < 1.29 is 0 Å². The van der Waals surface area contributed by atoms with Crippen molar-refractivity contribution in [1.29, 1.82) is 5.26 Å². The largest absolute Gasteiger partial charge is 0.298 e. The average Bonchev–Trinajstić information content (AvgIpc) is 2.71. The average molecular weight is 457 g/mol. The van der Waals surface area contributed by atoms with Gasteiger partial charge in [-0.3, -0.25) is 4.90 Å². The Morgan fingerprint density at radius 3 is 2.19 bits per heavy atom. The van der Waals surface area contributed by atoms with Crippen LogP contribution in [0.3, 0.4) is 0 Å². The van der Waals surface area contributed by atoms with Gasteiger partial charge in [0.1, 0.15) is 0 Å². The molecule has 0 amide bonds. The van der Waals surface area contributed by atoms with Crippen LogP contribution in [-0.2, 0) is 11.8 Å². The monoisotopic (exact) mass is 456 g/mol. The van der Waals surface area contributed by atoms with Crippen LogP contribution in [0.2, 0.25) is 10.0 Å². The minimum absolute atomic E-state index is 0.332. The van der Waals surface area contributed by atoms with Gasteiger partial charge < -0.3 is 0 Å². The molecule has 0 aliphatic heterocycles. The fourth-order valence-corrected chi connectivity index (χ4v) is 5.79. The summed E-state index contributed by atoms with van der Waals surface area (Å²) in [4.78, 5) is 2.56. The lowest BCUT2D eigenvalue weighted by Gasteiger charge is -2.43. The number of halogens is 2. The van der Waals surface area contributed by atoms with Crippen molar-refractivity contribution in [1.82, 2.24) is 4.90 Å². The maximum absolute atomic E-state index is 10.4. The zero-order chi connectivity index (χ0) is 22.4. The fraction of sp³-hybridized carbons (Fsp3) is 0.519. The van der Waals surface area contributed by atoms with Crippen LogP contribution in [0.1, 0.15) is 64.0 Å². The van der Waals surface area contributed by atoms with Crippen molar-refractivity contribution >= 4 is 23.2 Å². The van der Waals surface area contributed by atoms with Crippen molar-refractivity contribution in [2.24, 2.45) is 5.92 Å². The molecule has 4 heteroatoms. The molecule has 1 fully saturated rings. The minimum Gasteiger partial charge on any atom is -0.298 e. The number of hydrogen-bond donors (Lipinski definition) is 0. The predicted molar refractivity (Wildman–Crippen MR) is 132 cm³/mol. The highest BCUT2D eigenvalue weighted by Crippen LogP contribution is 2.51. The number of nitriles is 1. The lowest BCUT2D eigenvalue weighted by molar-refractivity contribution is 0.134. The lowest BCUT2D eigenvalue weighted by Crippen LogP contribution is -2.43. The highest BCUT2D eigenvalue weighted by atomic mass is 35.5. The standard InChI is InChI=1S/C27H34Cl2N2/c1-20(2)31(18-16-22-9-5-4-6-10-22)21(3)15-17-27(19-30,23-11-7-12-23)26-24(28)13-8-14-25(26)29/h4-6,8-10,13-14,20-21,23H,7,11-12,15-18H2,1-3H3. The molecule has 2 atom stereocenters. The zero-order valence-corrected chi connectivity index (χ0v) is 20.5. The Kier molecular flexibility index (Phi) is 8.45. The SMILES string of the molecule is CC(C)N(CCc1ccccc1)C(C)CCC(C#N)(c1c(Cl)cccc1Cl)C1CCC1. The molecule has 166 valence electrons. The summed E-state index contributed by atoms with van der Waals surface area (Å²) in [7, 11) is 0. The maximum atomic E-state index is 10.4. The van der Waals surface area contributed by atoms with Crippen LogP contribution in [0.15, 0.2) is 48.5 Å².